The zero-order valence-corrected chi connectivity index (χ0v) is 14.2. The summed E-state index contributed by atoms with van der Waals surface area (Å²) in [5, 5.41) is 7.99. The van der Waals surface area contributed by atoms with Crippen molar-refractivity contribution < 1.29 is 14.2 Å². The third kappa shape index (κ3) is 3.99. The lowest BCUT2D eigenvalue weighted by atomic mass is 10.2. The number of carbonyl (C=O) groups is 1. The van der Waals surface area contributed by atoms with E-state index >= 15 is 0 Å². The van der Waals surface area contributed by atoms with Crippen molar-refractivity contribution in [2.75, 3.05) is 0 Å². The first-order chi connectivity index (χ1) is 12.0. The van der Waals surface area contributed by atoms with E-state index in [0.29, 0.717) is 16.3 Å². The van der Waals surface area contributed by atoms with Crippen molar-refractivity contribution in [3.8, 4) is 11.3 Å². The van der Waals surface area contributed by atoms with Crippen LogP contribution in [0.2, 0.25) is 10.0 Å². The zero-order valence-electron chi connectivity index (χ0n) is 12.6. The molecule has 6 nitrogen and oxygen atoms in total. The Balaban J connectivity index is 1.73. The zero-order chi connectivity index (χ0) is 17.8. The van der Waals surface area contributed by atoms with E-state index in [1.54, 1.807) is 12.1 Å². The lowest BCUT2D eigenvalue weighted by Crippen LogP contribution is -2.16. The third-order valence-electron chi connectivity index (χ3n) is 3.21. The van der Waals surface area contributed by atoms with E-state index in [-0.39, 0.29) is 16.6 Å². The van der Waals surface area contributed by atoms with Crippen LogP contribution in [0, 0.1) is 0 Å². The maximum atomic E-state index is 12.0. The monoisotopic (exact) mass is 375 g/mol. The summed E-state index contributed by atoms with van der Waals surface area (Å²) < 4.78 is 5.13. The molecule has 0 atom stereocenters. The fourth-order valence-corrected chi connectivity index (χ4v) is 2.50. The Hall–Kier alpha value is -2.83. The molecule has 0 aliphatic carbocycles. The Kier molecular flexibility index (Phi) is 5.02. The summed E-state index contributed by atoms with van der Waals surface area (Å²) in [6.07, 6.45) is 0. The molecule has 0 aliphatic heterocycles. The SMILES string of the molecule is N/C(=N\OC(=O)c1cc(-c2ccccc2)on1)c1ccc(Cl)cc1Cl. The molecule has 0 unspecified atom stereocenters. The van der Waals surface area contributed by atoms with Gasteiger partial charge in [0, 0.05) is 22.2 Å². The molecule has 3 aromatic rings. The van der Waals surface area contributed by atoms with E-state index in [2.05, 4.69) is 10.3 Å². The fraction of sp³-hybridized carbons (Fsp3) is 0. The molecule has 0 amide bonds. The molecule has 0 spiro atoms. The Morgan fingerprint density at radius 2 is 1.88 bits per heavy atom. The standard InChI is InChI=1S/C17H11Cl2N3O3/c18-11-6-7-12(13(19)8-11)16(20)22-25-17(23)14-9-15(24-21-14)10-4-2-1-3-5-10/h1-9H,(H2,20,22). The van der Waals surface area contributed by atoms with Gasteiger partial charge in [-0.15, -0.1) is 0 Å². The molecule has 0 saturated heterocycles. The second-order valence-electron chi connectivity index (χ2n) is 4.92. The van der Waals surface area contributed by atoms with Gasteiger partial charge in [0.25, 0.3) is 0 Å². The Bertz CT molecular complexity index is 939. The lowest BCUT2D eigenvalue weighted by Gasteiger charge is -2.03. The number of rotatable bonds is 4. The van der Waals surface area contributed by atoms with Crippen LogP contribution in [-0.2, 0) is 4.84 Å². The highest BCUT2D eigenvalue weighted by Gasteiger charge is 2.16. The largest absolute Gasteiger partial charge is 0.387 e. The molecule has 0 bridgehead atoms. The molecule has 0 fully saturated rings. The normalized spacial score (nSPS) is 11.4. The van der Waals surface area contributed by atoms with Crippen LogP contribution in [0.4, 0.5) is 0 Å². The third-order valence-corrected chi connectivity index (χ3v) is 3.76. The van der Waals surface area contributed by atoms with E-state index < -0.39 is 5.97 Å². The average Bonchev–Trinajstić information content (AvgIpc) is 3.10. The van der Waals surface area contributed by atoms with Gasteiger partial charge in [-0.25, -0.2) is 4.79 Å². The van der Waals surface area contributed by atoms with Crippen molar-refractivity contribution in [2.45, 2.75) is 0 Å². The summed E-state index contributed by atoms with van der Waals surface area (Å²) in [6.45, 7) is 0. The summed E-state index contributed by atoms with van der Waals surface area (Å²) in [4.78, 5) is 16.8. The highest BCUT2D eigenvalue weighted by atomic mass is 35.5. The van der Waals surface area contributed by atoms with Crippen LogP contribution >= 0.6 is 23.2 Å². The van der Waals surface area contributed by atoms with E-state index in [1.807, 2.05) is 30.3 Å². The molecule has 25 heavy (non-hydrogen) atoms. The maximum Gasteiger partial charge on any atom is 0.387 e. The highest BCUT2D eigenvalue weighted by molar-refractivity contribution is 6.36. The molecular weight excluding hydrogens is 365 g/mol. The molecule has 2 N–H and O–H groups in total. The molecule has 3 rings (SSSR count). The predicted octanol–water partition coefficient (Wildman–Crippen LogP) is 4.13. The lowest BCUT2D eigenvalue weighted by molar-refractivity contribution is 0.0504. The van der Waals surface area contributed by atoms with Gasteiger partial charge in [-0.1, -0.05) is 63.8 Å². The van der Waals surface area contributed by atoms with Gasteiger partial charge in [0.05, 0.1) is 5.02 Å². The number of halogens is 2. The van der Waals surface area contributed by atoms with Crippen molar-refractivity contribution in [1.29, 1.82) is 0 Å². The minimum absolute atomic E-state index is 0.0300. The molecule has 1 heterocycles. The van der Waals surface area contributed by atoms with E-state index in [0.717, 1.165) is 5.56 Å². The van der Waals surface area contributed by atoms with Crippen LogP contribution in [0.15, 0.2) is 64.3 Å². The summed E-state index contributed by atoms with van der Waals surface area (Å²) in [5.41, 5.74) is 6.91. The molecule has 0 saturated carbocycles. The summed E-state index contributed by atoms with van der Waals surface area (Å²) in [5.74, 6) is -0.439. The minimum Gasteiger partial charge on any atom is -0.380 e. The number of nitrogens with two attached hydrogens (primary N) is 1. The van der Waals surface area contributed by atoms with Gasteiger partial charge < -0.3 is 15.1 Å². The highest BCUT2D eigenvalue weighted by Crippen LogP contribution is 2.22. The van der Waals surface area contributed by atoms with Gasteiger partial charge in [0.1, 0.15) is 0 Å². The molecule has 126 valence electrons. The van der Waals surface area contributed by atoms with Crippen molar-refractivity contribution in [3.63, 3.8) is 0 Å². The molecule has 1 aromatic heterocycles. The topological polar surface area (TPSA) is 90.7 Å². The molecule has 8 heteroatoms. The first kappa shape index (κ1) is 17.0. The number of benzene rings is 2. The first-order valence-electron chi connectivity index (χ1n) is 7.07. The number of hydrogen-bond donors (Lipinski definition) is 1. The van der Waals surface area contributed by atoms with E-state index in [9.17, 15) is 4.79 Å². The second kappa shape index (κ2) is 7.38. The Morgan fingerprint density at radius 3 is 2.60 bits per heavy atom. The van der Waals surface area contributed by atoms with Crippen molar-refractivity contribution >= 4 is 35.0 Å². The van der Waals surface area contributed by atoms with Crippen LogP contribution < -0.4 is 5.73 Å². The predicted molar refractivity (Wildman–Crippen MR) is 94.5 cm³/mol. The summed E-state index contributed by atoms with van der Waals surface area (Å²) >= 11 is 11.8. The van der Waals surface area contributed by atoms with Crippen molar-refractivity contribution in [3.05, 3.63) is 75.9 Å². The van der Waals surface area contributed by atoms with Crippen LogP contribution in [0.3, 0.4) is 0 Å². The maximum absolute atomic E-state index is 12.0. The Morgan fingerprint density at radius 1 is 1.12 bits per heavy atom. The number of hydrogen-bond acceptors (Lipinski definition) is 5. The number of aromatic nitrogens is 1. The molecule has 2 aromatic carbocycles. The van der Waals surface area contributed by atoms with Gasteiger partial charge in [0.2, 0.25) is 0 Å². The molecule has 0 radical (unpaired) electrons. The summed E-state index contributed by atoms with van der Waals surface area (Å²) in [6, 6.07) is 15.3. The van der Waals surface area contributed by atoms with Crippen molar-refractivity contribution in [2.24, 2.45) is 10.9 Å². The summed E-state index contributed by atoms with van der Waals surface area (Å²) in [7, 11) is 0. The first-order valence-corrected chi connectivity index (χ1v) is 7.82. The number of nitrogens with zero attached hydrogens (tertiary/aromatic N) is 2. The van der Waals surface area contributed by atoms with Gasteiger partial charge in [-0.05, 0) is 18.2 Å². The van der Waals surface area contributed by atoms with Crippen LogP contribution in [0.5, 0.6) is 0 Å². The number of oxime groups is 1. The van der Waals surface area contributed by atoms with Crippen molar-refractivity contribution in [1.82, 2.24) is 5.16 Å². The Labute approximate surface area is 152 Å². The van der Waals surface area contributed by atoms with Gasteiger partial charge in [0.15, 0.2) is 17.3 Å². The average molecular weight is 376 g/mol. The molecule has 0 aliphatic rings. The van der Waals surface area contributed by atoms with E-state index in [1.165, 1.54) is 12.1 Å². The smallest absolute Gasteiger partial charge is 0.380 e. The van der Waals surface area contributed by atoms with Crippen LogP contribution in [0.25, 0.3) is 11.3 Å². The van der Waals surface area contributed by atoms with E-state index in [4.69, 9.17) is 38.3 Å². The number of amidine groups is 1. The fourth-order valence-electron chi connectivity index (χ4n) is 1.99. The molecular formula is C17H11Cl2N3O3. The van der Waals surface area contributed by atoms with Crippen LogP contribution in [-0.4, -0.2) is 17.0 Å². The number of carbonyl (C=O) groups excluding carboxylic acids is 1. The van der Waals surface area contributed by atoms with Gasteiger partial charge >= 0.3 is 5.97 Å². The van der Waals surface area contributed by atoms with Gasteiger partial charge in [-0.3, -0.25) is 0 Å². The van der Waals surface area contributed by atoms with Gasteiger partial charge in [-0.2, -0.15) is 0 Å². The second-order valence-corrected chi connectivity index (χ2v) is 5.77. The van der Waals surface area contributed by atoms with Crippen LogP contribution in [0.1, 0.15) is 16.1 Å². The quantitative estimate of drug-likeness (QED) is 0.320. The minimum atomic E-state index is -0.807.